The van der Waals surface area contributed by atoms with Gasteiger partial charge in [-0.05, 0) is 35.4 Å². The number of nitrogens with one attached hydrogen (secondary N) is 1. The highest BCUT2D eigenvalue weighted by molar-refractivity contribution is 8.00. The van der Waals surface area contributed by atoms with Gasteiger partial charge in [-0.15, -0.1) is 11.8 Å². The number of ether oxygens (including phenoxy) is 1. The van der Waals surface area contributed by atoms with Crippen molar-refractivity contribution >= 4 is 23.6 Å². The quantitative estimate of drug-likeness (QED) is 0.472. The van der Waals surface area contributed by atoms with E-state index in [-0.39, 0.29) is 17.1 Å². The average molecular weight is 391 g/mol. The third kappa shape index (κ3) is 5.24. The van der Waals surface area contributed by atoms with Crippen LogP contribution in [0.25, 0.3) is 0 Å². The Balaban J connectivity index is 1.70. The van der Waals surface area contributed by atoms with Gasteiger partial charge in [-0.3, -0.25) is 4.79 Å². The Kier molecular flexibility index (Phi) is 6.87. The first-order valence-electron chi connectivity index (χ1n) is 8.89. The molecule has 0 saturated carbocycles. The molecule has 0 aliphatic carbocycles. The maximum absolute atomic E-state index is 12.9. The van der Waals surface area contributed by atoms with Crippen molar-refractivity contribution in [1.29, 1.82) is 0 Å². The zero-order valence-electron chi connectivity index (χ0n) is 15.5. The molecule has 3 aromatic rings. The number of methoxy groups -OCH3 is 1. The van der Waals surface area contributed by atoms with Gasteiger partial charge >= 0.3 is 5.97 Å². The van der Waals surface area contributed by atoms with E-state index in [1.54, 1.807) is 12.1 Å². The van der Waals surface area contributed by atoms with Crippen LogP contribution in [0.4, 0.5) is 0 Å². The molecule has 0 saturated heterocycles. The van der Waals surface area contributed by atoms with Crippen LogP contribution in [0.5, 0.6) is 0 Å². The van der Waals surface area contributed by atoms with Crippen molar-refractivity contribution in [3.05, 3.63) is 102 Å². The van der Waals surface area contributed by atoms with Crippen molar-refractivity contribution in [2.75, 3.05) is 7.11 Å². The van der Waals surface area contributed by atoms with E-state index in [0.717, 1.165) is 16.0 Å². The lowest BCUT2D eigenvalue weighted by Gasteiger charge is -2.17. The molecule has 0 spiro atoms. The van der Waals surface area contributed by atoms with E-state index in [1.165, 1.54) is 18.9 Å². The van der Waals surface area contributed by atoms with Crippen molar-refractivity contribution in [1.82, 2.24) is 5.32 Å². The second kappa shape index (κ2) is 9.76. The fourth-order valence-corrected chi connectivity index (χ4v) is 3.76. The molecule has 3 aromatic carbocycles. The van der Waals surface area contributed by atoms with Gasteiger partial charge in [-0.2, -0.15) is 0 Å². The van der Waals surface area contributed by atoms with E-state index in [2.05, 4.69) is 5.32 Å². The van der Waals surface area contributed by atoms with E-state index >= 15 is 0 Å². The van der Waals surface area contributed by atoms with Crippen molar-refractivity contribution in [3.63, 3.8) is 0 Å². The van der Waals surface area contributed by atoms with E-state index in [0.29, 0.717) is 12.1 Å². The van der Waals surface area contributed by atoms with E-state index < -0.39 is 0 Å². The van der Waals surface area contributed by atoms with Crippen molar-refractivity contribution in [2.24, 2.45) is 0 Å². The summed E-state index contributed by atoms with van der Waals surface area (Å²) >= 11 is 1.52. The molecule has 1 N–H and O–H groups in total. The summed E-state index contributed by atoms with van der Waals surface area (Å²) in [5.74, 6) is -0.434. The minimum atomic E-state index is -0.376. The number of hydrogen-bond donors (Lipinski definition) is 1. The van der Waals surface area contributed by atoms with E-state index in [1.807, 2.05) is 72.8 Å². The number of thioether (sulfide) groups is 1. The van der Waals surface area contributed by atoms with Gasteiger partial charge < -0.3 is 10.1 Å². The second-order valence-electron chi connectivity index (χ2n) is 6.13. The molecule has 0 heterocycles. The van der Waals surface area contributed by atoms with Crippen LogP contribution in [-0.4, -0.2) is 19.0 Å². The molecule has 1 atom stereocenters. The van der Waals surface area contributed by atoms with E-state index in [9.17, 15) is 9.59 Å². The Morgan fingerprint density at radius 1 is 0.893 bits per heavy atom. The average Bonchev–Trinajstić information content (AvgIpc) is 2.77. The number of carbonyl (C=O) groups is 2. The predicted octanol–water partition coefficient (Wildman–Crippen LogP) is 4.62. The summed E-state index contributed by atoms with van der Waals surface area (Å²) in [6.07, 6.45) is 0. The second-order valence-corrected chi connectivity index (χ2v) is 7.31. The molecular formula is C23H21NO3S. The number of esters is 1. The first-order chi connectivity index (χ1) is 13.7. The lowest BCUT2D eigenvalue weighted by molar-refractivity contribution is -0.120. The standard InChI is InChI=1S/C23H21NO3S/c1-27-23(26)19-14-12-17(13-15-19)16-24-22(25)21(18-8-4-2-5-9-18)28-20-10-6-3-7-11-20/h2-15,21H,16H2,1H3,(H,24,25)/t21-/m0/s1. The number of rotatable bonds is 7. The molecule has 0 bridgehead atoms. The zero-order valence-corrected chi connectivity index (χ0v) is 16.3. The maximum atomic E-state index is 12.9. The summed E-state index contributed by atoms with van der Waals surface area (Å²) in [5.41, 5.74) is 2.35. The maximum Gasteiger partial charge on any atom is 0.337 e. The third-order valence-electron chi connectivity index (χ3n) is 4.18. The van der Waals surface area contributed by atoms with Crippen LogP contribution in [-0.2, 0) is 16.1 Å². The van der Waals surface area contributed by atoms with Gasteiger partial charge in [0.25, 0.3) is 0 Å². The molecule has 0 aliphatic rings. The van der Waals surface area contributed by atoms with Crippen molar-refractivity contribution < 1.29 is 14.3 Å². The summed E-state index contributed by atoms with van der Waals surface area (Å²) in [6.45, 7) is 0.388. The normalized spacial score (nSPS) is 11.5. The topological polar surface area (TPSA) is 55.4 Å². The molecule has 0 unspecified atom stereocenters. The molecular weight excluding hydrogens is 370 g/mol. The highest BCUT2D eigenvalue weighted by Crippen LogP contribution is 2.35. The number of benzene rings is 3. The van der Waals surface area contributed by atoms with Gasteiger partial charge in [-0.25, -0.2) is 4.79 Å². The number of amides is 1. The highest BCUT2D eigenvalue weighted by Gasteiger charge is 2.21. The molecule has 0 fully saturated rings. The van der Waals surface area contributed by atoms with Crippen LogP contribution in [0.1, 0.15) is 26.7 Å². The van der Waals surface area contributed by atoms with Gasteiger partial charge in [0.2, 0.25) is 5.91 Å². The molecule has 142 valence electrons. The summed E-state index contributed by atoms with van der Waals surface area (Å²) < 4.78 is 4.70. The fraction of sp³-hybridized carbons (Fsp3) is 0.130. The fourth-order valence-electron chi connectivity index (χ4n) is 2.69. The predicted molar refractivity (Wildman–Crippen MR) is 111 cm³/mol. The van der Waals surface area contributed by atoms with Crippen LogP contribution in [0.2, 0.25) is 0 Å². The Labute approximate surface area is 168 Å². The van der Waals surface area contributed by atoms with Crippen LogP contribution in [0, 0.1) is 0 Å². The number of carbonyl (C=O) groups excluding carboxylic acids is 2. The Morgan fingerprint density at radius 3 is 2.11 bits per heavy atom. The lowest BCUT2D eigenvalue weighted by Crippen LogP contribution is -2.27. The van der Waals surface area contributed by atoms with E-state index in [4.69, 9.17) is 4.74 Å². The van der Waals surface area contributed by atoms with Crippen LogP contribution in [0.15, 0.2) is 89.8 Å². The monoisotopic (exact) mass is 391 g/mol. The Hall–Kier alpha value is -3.05. The largest absolute Gasteiger partial charge is 0.465 e. The van der Waals surface area contributed by atoms with Gasteiger partial charge in [-0.1, -0.05) is 60.7 Å². The molecule has 0 aromatic heterocycles. The van der Waals surface area contributed by atoms with Gasteiger partial charge in [0, 0.05) is 11.4 Å². The summed E-state index contributed by atoms with van der Waals surface area (Å²) in [7, 11) is 1.35. The summed E-state index contributed by atoms with van der Waals surface area (Å²) in [6, 6.07) is 26.6. The minimum absolute atomic E-state index is 0.0582. The molecule has 0 radical (unpaired) electrons. The van der Waals surface area contributed by atoms with Gasteiger partial charge in [0.1, 0.15) is 5.25 Å². The molecule has 0 aliphatic heterocycles. The summed E-state index contributed by atoms with van der Waals surface area (Å²) in [5, 5.41) is 2.66. The zero-order chi connectivity index (χ0) is 19.8. The first kappa shape index (κ1) is 19.7. The van der Waals surface area contributed by atoms with Crippen LogP contribution < -0.4 is 5.32 Å². The van der Waals surface area contributed by atoms with Crippen molar-refractivity contribution in [3.8, 4) is 0 Å². The molecule has 4 nitrogen and oxygen atoms in total. The first-order valence-corrected chi connectivity index (χ1v) is 9.77. The van der Waals surface area contributed by atoms with Crippen LogP contribution in [0.3, 0.4) is 0 Å². The lowest BCUT2D eigenvalue weighted by atomic mass is 10.1. The molecule has 3 rings (SSSR count). The molecule has 1 amide bonds. The number of hydrogen-bond acceptors (Lipinski definition) is 4. The van der Waals surface area contributed by atoms with Crippen molar-refractivity contribution in [2.45, 2.75) is 16.7 Å². The van der Waals surface area contributed by atoms with Crippen LogP contribution >= 0.6 is 11.8 Å². The minimum Gasteiger partial charge on any atom is -0.465 e. The molecule has 5 heteroatoms. The molecule has 28 heavy (non-hydrogen) atoms. The SMILES string of the molecule is COC(=O)c1ccc(CNC(=O)[C@@H](Sc2ccccc2)c2ccccc2)cc1. The highest BCUT2D eigenvalue weighted by atomic mass is 32.2. The third-order valence-corrected chi connectivity index (χ3v) is 5.45. The van der Waals surface area contributed by atoms with Gasteiger partial charge in [0.15, 0.2) is 0 Å². The smallest absolute Gasteiger partial charge is 0.337 e. The Bertz CT molecular complexity index is 912. The Morgan fingerprint density at radius 2 is 1.50 bits per heavy atom. The summed E-state index contributed by atoms with van der Waals surface area (Å²) in [4.78, 5) is 25.5. The van der Waals surface area contributed by atoms with Gasteiger partial charge in [0.05, 0.1) is 12.7 Å².